The van der Waals surface area contributed by atoms with Crippen molar-refractivity contribution in [2.45, 2.75) is 37.8 Å². The highest BCUT2D eigenvalue weighted by Gasteiger charge is 2.67. The molecule has 3 aromatic carbocycles. The summed E-state index contributed by atoms with van der Waals surface area (Å²) < 4.78 is 17.8. The van der Waals surface area contributed by atoms with Gasteiger partial charge >= 0.3 is 5.91 Å². The zero-order valence-electron chi connectivity index (χ0n) is 21.1. The molecule has 1 fully saturated rings. The highest BCUT2D eigenvalue weighted by Crippen LogP contribution is 2.58. The van der Waals surface area contributed by atoms with Gasteiger partial charge in [-0.25, -0.2) is 9.28 Å². The number of likely N-dealkylation sites (N-methyl/N-ethyl adjacent to an activating group) is 1. The minimum atomic E-state index is -0.911. The number of rotatable bonds is 5. The number of hydrogen-bond donors (Lipinski definition) is 0. The van der Waals surface area contributed by atoms with Gasteiger partial charge < -0.3 is 14.2 Å². The summed E-state index contributed by atoms with van der Waals surface area (Å²) in [7, 11) is 0. The van der Waals surface area contributed by atoms with Crippen LogP contribution in [0.4, 0.5) is 5.69 Å². The monoisotopic (exact) mass is 495 g/mol. The van der Waals surface area contributed by atoms with Gasteiger partial charge in [0.25, 0.3) is 0 Å². The normalized spacial score (nSPS) is 27.5. The lowest BCUT2D eigenvalue weighted by Crippen LogP contribution is -2.61. The third-order valence-corrected chi connectivity index (χ3v) is 8.88. The molecule has 1 spiro atoms. The Balaban J connectivity index is 1.44. The zero-order chi connectivity index (χ0) is 25.2. The van der Waals surface area contributed by atoms with Gasteiger partial charge in [0.2, 0.25) is 6.79 Å². The molecule has 3 aromatic rings. The smallest absolute Gasteiger partial charge is 0.338 e. The molecule has 0 saturated carbocycles. The van der Waals surface area contributed by atoms with Crippen molar-refractivity contribution < 1.29 is 19.0 Å². The van der Waals surface area contributed by atoms with Gasteiger partial charge in [-0.15, -0.1) is 0 Å². The number of quaternary nitrogens is 1. The maximum absolute atomic E-state index is 15.2. The largest absolute Gasteiger partial charge is 0.491 e. The molecule has 188 valence electrons. The molecule has 0 bridgehead atoms. The Labute approximate surface area is 217 Å². The quantitative estimate of drug-likeness (QED) is 0.481. The second-order valence-electron chi connectivity index (χ2n) is 10.6. The van der Waals surface area contributed by atoms with E-state index in [1.54, 1.807) is 0 Å². The summed E-state index contributed by atoms with van der Waals surface area (Å²) in [4.78, 5) is 17.8. The fraction of sp³-hybridized carbons (Fsp3) is 0.355. The van der Waals surface area contributed by atoms with E-state index in [0.29, 0.717) is 36.4 Å². The van der Waals surface area contributed by atoms with Crippen LogP contribution in [-0.4, -0.2) is 49.9 Å². The van der Waals surface area contributed by atoms with E-state index in [2.05, 4.69) is 36.1 Å². The van der Waals surface area contributed by atoms with Crippen molar-refractivity contribution in [3.63, 3.8) is 0 Å². The van der Waals surface area contributed by atoms with Crippen LogP contribution >= 0.6 is 0 Å². The van der Waals surface area contributed by atoms with Crippen LogP contribution in [0, 0.1) is 6.92 Å². The van der Waals surface area contributed by atoms with Crippen LogP contribution in [0.15, 0.2) is 60.7 Å². The predicted molar refractivity (Wildman–Crippen MR) is 141 cm³/mol. The third kappa shape index (κ3) is 3.15. The minimum Gasteiger partial charge on any atom is -0.491 e. The number of amides is 1. The molecule has 3 atom stereocenters. The van der Waals surface area contributed by atoms with Crippen molar-refractivity contribution in [2.75, 3.05) is 33.0 Å². The van der Waals surface area contributed by atoms with Crippen molar-refractivity contribution in [1.82, 2.24) is 9.38 Å². The Hall–Kier alpha value is -3.35. The highest BCUT2D eigenvalue weighted by molar-refractivity contribution is 6.08. The second-order valence-corrected chi connectivity index (χ2v) is 10.6. The maximum atomic E-state index is 15.2. The van der Waals surface area contributed by atoms with Crippen LogP contribution in [-0.2, 0) is 16.8 Å². The molecule has 6 heteroatoms. The number of ether oxygens (including phenoxy) is 3. The fourth-order valence-electron chi connectivity index (χ4n) is 7.09. The second kappa shape index (κ2) is 8.33. The first-order valence-electron chi connectivity index (χ1n) is 13.2. The van der Waals surface area contributed by atoms with Crippen molar-refractivity contribution in [3.05, 3.63) is 89.8 Å². The van der Waals surface area contributed by atoms with Crippen LogP contribution in [0.5, 0.6) is 17.2 Å². The molecule has 37 heavy (non-hydrogen) atoms. The molecule has 0 N–H and O–H groups in total. The molecule has 4 heterocycles. The topological polar surface area (TPSA) is 48.0 Å². The number of carbonyl (C=O) groups excluding carboxylic acids is 1. The van der Waals surface area contributed by atoms with Crippen molar-refractivity contribution in [3.8, 4) is 17.2 Å². The molecule has 1 amide bonds. The average molecular weight is 496 g/mol. The standard InChI is InChI=1S/C31H31N2O4/c1-3-32-14-8-11-23(32)18-33(17-22-10-5-4-9-21(22)2)26-13-7-6-12-24(26)31(30(33)34)19-35-27-16-29-28(15-25(27)31)36-20-37-29/h2,4-7,9-10,12-13,15-16,23H,3,8,11,14,17-20H2,1H3/q+1. The minimum absolute atomic E-state index is 0.150. The SMILES string of the molecule is [CH]c1ccccc1C[N+]1(CC2CCCN2CC)C(=O)C2(COc3cc4c(cc32)OCO4)c2ccccc21. The molecule has 3 unspecified atom stereocenters. The number of hydrogen-bond acceptors (Lipinski definition) is 5. The van der Waals surface area contributed by atoms with E-state index in [0.717, 1.165) is 53.9 Å². The predicted octanol–water partition coefficient (Wildman–Crippen LogP) is 4.68. The van der Waals surface area contributed by atoms with Crippen molar-refractivity contribution in [1.29, 1.82) is 0 Å². The molecule has 2 radical (unpaired) electrons. The van der Waals surface area contributed by atoms with Crippen LogP contribution in [0.2, 0.25) is 0 Å². The van der Waals surface area contributed by atoms with E-state index in [4.69, 9.17) is 21.1 Å². The Morgan fingerprint density at radius 3 is 2.62 bits per heavy atom. The Morgan fingerprint density at radius 2 is 1.78 bits per heavy atom. The number of carbonyl (C=O) groups is 1. The van der Waals surface area contributed by atoms with Gasteiger partial charge in [0.1, 0.15) is 31.1 Å². The summed E-state index contributed by atoms with van der Waals surface area (Å²) in [5.41, 5.74) is 3.74. The zero-order valence-corrected chi connectivity index (χ0v) is 21.1. The molecule has 0 aromatic heterocycles. The van der Waals surface area contributed by atoms with E-state index in [9.17, 15) is 0 Å². The summed E-state index contributed by atoms with van der Waals surface area (Å²) in [6.45, 7) is 12.4. The highest BCUT2D eigenvalue weighted by atomic mass is 16.7. The number of nitrogens with zero attached hydrogens (tertiary/aromatic N) is 2. The van der Waals surface area contributed by atoms with E-state index in [-0.39, 0.29) is 23.8 Å². The lowest BCUT2D eigenvalue weighted by molar-refractivity contribution is -0.134. The van der Waals surface area contributed by atoms with Gasteiger partial charge in [-0.1, -0.05) is 49.4 Å². The van der Waals surface area contributed by atoms with Crippen LogP contribution in [0.1, 0.15) is 42.0 Å². The summed E-state index contributed by atoms with van der Waals surface area (Å²) in [6, 6.07) is 20.4. The average Bonchev–Trinajstić information content (AvgIpc) is 3.69. The molecule has 1 saturated heterocycles. The third-order valence-electron chi connectivity index (χ3n) is 8.88. The maximum Gasteiger partial charge on any atom is 0.338 e. The molecular weight excluding hydrogens is 464 g/mol. The Kier molecular flexibility index (Phi) is 5.14. The van der Waals surface area contributed by atoms with E-state index >= 15 is 4.79 Å². The fourth-order valence-corrected chi connectivity index (χ4v) is 7.09. The summed E-state index contributed by atoms with van der Waals surface area (Å²) in [5.74, 6) is 2.18. The first kappa shape index (κ1) is 22.8. The van der Waals surface area contributed by atoms with Gasteiger partial charge in [0.15, 0.2) is 16.9 Å². The molecule has 4 aliphatic rings. The Bertz CT molecular complexity index is 1400. The van der Waals surface area contributed by atoms with Crippen LogP contribution in [0.3, 0.4) is 0 Å². The number of fused-ring (bicyclic) bond motifs is 5. The van der Waals surface area contributed by atoms with Gasteiger partial charge in [0, 0.05) is 22.8 Å². The molecule has 7 rings (SSSR count). The number of benzene rings is 3. The lowest BCUT2D eigenvalue weighted by Gasteiger charge is -2.38. The molecule has 6 nitrogen and oxygen atoms in total. The van der Waals surface area contributed by atoms with Gasteiger partial charge in [-0.3, -0.25) is 4.90 Å². The number of likely N-dealkylation sites (tertiary alicyclic amines) is 1. The van der Waals surface area contributed by atoms with Gasteiger partial charge in [-0.2, -0.15) is 0 Å². The van der Waals surface area contributed by atoms with E-state index in [1.807, 2.05) is 36.4 Å². The molecule has 0 aliphatic carbocycles. The summed E-state index contributed by atoms with van der Waals surface area (Å²) in [6.07, 6.45) is 2.24. The lowest BCUT2D eigenvalue weighted by atomic mass is 9.77. The summed E-state index contributed by atoms with van der Waals surface area (Å²) in [5, 5.41) is 0. The first-order chi connectivity index (χ1) is 18.1. The van der Waals surface area contributed by atoms with Gasteiger partial charge in [0.05, 0.1) is 6.04 Å². The van der Waals surface area contributed by atoms with E-state index in [1.165, 1.54) is 0 Å². The molecule has 4 aliphatic heterocycles. The van der Waals surface area contributed by atoms with Crippen molar-refractivity contribution in [2.24, 2.45) is 0 Å². The summed E-state index contributed by atoms with van der Waals surface area (Å²) >= 11 is 0. The van der Waals surface area contributed by atoms with Crippen LogP contribution in [0.25, 0.3) is 0 Å². The Morgan fingerprint density at radius 1 is 1.00 bits per heavy atom. The van der Waals surface area contributed by atoms with Crippen LogP contribution < -0.4 is 18.7 Å². The number of para-hydroxylation sites is 1. The molecular formula is C31H31N2O4+. The van der Waals surface area contributed by atoms with Gasteiger partial charge in [-0.05, 0) is 50.6 Å². The van der Waals surface area contributed by atoms with E-state index < -0.39 is 5.41 Å². The van der Waals surface area contributed by atoms with Crippen molar-refractivity contribution >= 4 is 11.6 Å². The first-order valence-corrected chi connectivity index (χ1v) is 13.2.